The molecular formula is C15H22O4. The molecule has 0 saturated carbocycles. The molecule has 0 radical (unpaired) electrons. The average Bonchev–Trinajstić information content (AvgIpc) is 2.97. The van der Waals surface area contributed by atoms with Gasteiger partial charge in [0.1, 0.15) is 5.78 Å². The van der Waals surface area contributed by atoms with Gasteiger partial charge in [0.15, 0.2) is 0 Å². The van der Waals surface area contributed by atoms with Gasteiger partial charge in [-0.15, -0.1) is 0 Å². The molecule has 0 aromatic carbocycles. The van der Waals surface area contributed by atoms with Crippen LogP contribution in [-0.2, 0) is 9.53 Å². The molecule has 1 aromatic rings. The molecule has 0 bridgehead atoms. The summed E-state index contributed by atoms with van der Waals surface area (Å²) in [6.45, 7) is 3.93. The number of ether oxygens (including phenoxy) is 1. The van der Waals surface area contributed by atoms with Crippen molar-refractivity contribution in [1.82, 2.24) is 0 Å². The highest BCUT2D eigenvalue weighted by atomic mass is 16.5. The van der Waals surface area contributed by atoms with Crippen molar-refractivity contribution in [2.24, 2.45) is 5.92 Å². The summed E-state index contributed by atoms with van der Waals surface area (Å²) in [4.78, 5) is 12.0. The molecule has 2 rings (SSSR count). The molecule has 1 N–H and O–H groups in total. The molecule has 1 saturated heterocycles. The highest BCUT2D eigenvalue weighted by molar-refractivity contribution is 5.79. The molecule has 1 aromatic heterocycles. The molecule has 3 unspecified atom stereocenters. The summed E-state index contributed by atoms with van der Waals surface area (Å²) in [5.74, 6) is 0.194. The van der Waals surface area contributed by atoms with Gasteiger partial charge < -0.3 is 14.3 Å². The topological polar surface area (TPSA) is 59.7 Å². The van der Waals surface area contributed by atoms with E-state index in [0.717, 1.165) is 18.4 Å². The lowest BCUT2D eigenvalue weighted by Crippen LogP contribution is -2.28. The van der Waals surface area contributed by atoms with Gasteiger partial charge in [0.2, 0.25) is 0 Å². The second-order valence-electron chi connectivity index (χ2n) is 5.86. The second-order valence-corrected chi connectivity index (χ2v) is 5.86. The molecule has 2 heterocycles. The van der Waals surface area contributed by atoms with E-state index in [2.05, 4.69) is 0 Å². The van der Waals surface area contributed by atoms with Crippen LogP contribution in [0.2, 0.25) is 0 Å². The summed E-state index contributed by atoms with van der Waals surface area (Å²) in [5, 5.41) is 8.98. The van der Waals surface area contributed by atoms with Crippen LogP contribution in [0.15, 0.2) is 23.0 Å². The third kappa shape index (κ3) is 3.67. The van der Waals surface area contributed by atoms with Crippen molar-refractivity contribution >= 4 is 5.78 Å². The molecule has 1 fully saturated rings. The predicted molar refractivity (Wildman–Crippen MR) is 70.7 cm³/mol. The van der Waals surface area contributed by atoms with Gasteiger partial charge in [0.25, 0.3) is 0 Å². The summed E-state index contributed by atoms with van der Waals surface area (Å²) in [5.41, 5.74) is 0.661. The maximum absolute atomic E-state index is 12.0. The standard InChI is InChI=1S/C15H22O4/c1-11(9-16)7-13(17)8-15(2)5-3-14(19-15)12-4-6-18-10-12/h4,6,10-11,14,16H,3,5,7-9H2,1-2H3. The van der Waals surface area contributed by atoms with Gasteiger partial charge in [0.05, 0.1) is 24.2 Å². The van der Waals surface area contributed by atoms with Crippen LogP contribution in [0.3, 0.4) is 0 Å². The van der Waals surface area contributed by atoms with E-state index >= 15 is 0 Å². The highest BCUT2D eigenvalue weighted by Gasteiger charge is 2.38. The van der Waals surface area contributed by atoms with Crippen LogP contribution in [0.25, 0.3) is 0 Å². The predicted octanol–water partition coefficient (Wildman–Crippen LogP) is 2.87. The Kier molecular flexibility index (Phi) is 4.42. The summed E-state index contributed by atoms with van der Waals surface area (Å²) in [7, 11) is 0. The van der Waals surface area contributed by atoms with Crippen molar-refractivity contribution in [3.8, 4) is 0 Å². The van der Waals surface area contributed by atoms with Gasteiger partial charge >= 0.3 is 0 Å². The van der Waals surface area contributed by atoms with E-state index in [0.29, 0.717) is 12.8 Å². The van der Waals surface area contributed by atoms with Crippen molar-refractivity contribution in [1.29, 1.82) is 0 Å². The summed E-state index contributed by atoms with van der Waals surface area (Å²) in [6.07, 6.45) is 6.01. The SMILES string of the molecule is CC(CO)CC(=O)CC1(C)CCC(c2ccoc2)O1. The van der Waals surface area contributed by atoms with Gasteiger partial charge in [-0.2, -0.15) is 0 Å². The molecule has 0 amide bonds. The maximum atomic E-state index is 12.0. The number of hydrogen-bond donors (Lipinski definition) is 1. The molecule has 0 aliphatic carbocycles. The summed E-state index contributed by atoms with van der Waals surface area (Å²) in [6, 6.07) is 1.91. The lowest BCUT2D eigenvalue weighted by atomic mass is 9.92. The Morgan fingerprint density at radius 3 is 3.05 bits per heavy atom. The highest BCUT2D eigenvalue weighted by Crippen LogP contribution is 2.41. The Bertz CT molecular complexity index is 412. The van der Waals surface area contributed by atoms with Crippen LogP contribution < -0.4 is 0 Å². The first-order valence-corrected chi connectivity index (χ1v) is 6.85. The van der Waals surface area contributed by atoms with Crippen molar-refractivity contribution in [3.05, 3.63) is 24.2 Å². The number of aliphatic hydroxyl groups is 1. The van der Waals surface area contributed by atoms with E-state index in [-0.39, 0.29) is 30.0 Å². The van der Waals surface area contributed by atoms with Crippen LogP contribution in [0.1, 0.15) is 51.2 Å². The largest absolute Gasteiger partial charge is 0.472 e. The van der Waals surface area contributed by atoms with E-state index in [4.69, 9.17) is 14.3 Å². The first-order chi connectivity index (χ1) is 9.02. The number of carbonyl (C=O) groups is 1. The number of furan rings is 1. The zero-order valence-corrected chi connectivity index (χ0v) is 11.6. The molecule has 1 aliphatic heterocycles. The van der Waals surface area contributed by atoms with Gasteiger partial charge in [-0.25, -0.2) is 0 Å². The van der Waals surface area contributed by atoms with Crippen LogP contribution in [0.4, 0.5) is 0 Å². The molecule has 1 aliphatic rings. The van der Waals surface area contributed by atoms with Crippen molar-refractivity contribution in [3.63, 3.8) is 0 Å². The number of carbonyl (C=O) groups excluding carboxylic acids is 1. The van der Waals surface area contributed by atoms with E-state index < -0.39 is 0 Å². The van der Waals surface area contributed by atoms with E-state index in [1.807, 2.05) is 19.9 Å². The van der Waals surface area contributed by atoms with Crippen LogP contribution >= 0.6 is 0 Å². The smallest absolute Gasteiger partial charge is 0.136 e. The number of ketones is 1. The molecule has 106 valence electrons. The van der Waals surface area contributed by atoms with Gasteiger partial charge in [-0.3, -0.25) is 4.79 Å². The zero-order valence-electron chi connectivity index (χ0n) is 11.6. The number of aliphatic hydroxyl groups excluding tert-OH is 1. The lowest BCUT2D eigenvalue weighted by molar-refractivity contribution is -0.126. The minimum Gasteiger partial charge on any atom is -0.472 e. The number of hydrogen-bond acceptors (Lipinski definition) is 4. The first-order valence-electron chi connectivity index (χ1n) is 6.85. The average molecular weight is 266 g/mol. The van der Waals surface area contributed by atoms with Crippen molar-refractivity contribution < 1.29 is 19.1 Å². The molecule has 4 nitrogen and oxygen atoms in total. The minimum absolute atomic E-state index is 0.0298. The van der Waals surface area contributed by atoms with E-state index in [1.54, 1.807) is 12.5 Å². The monoisotopic (exact) mass is 266 g/mol. The Balaban J connectivity index is 1.89. The molecule has 0 spiro atoms. The number of rotatable bonds is 6. The van der Waals surface area contributed by atoms with Gasteiger partial charge in [-0.1, -0.05) is 6.92 Å². The first kappa shape index (κ1) is 14.3. The Labute approximate surface area is 113 Å². The minimum atomic E-state index is -0.381. The normalized spacial score (nSPS) is 28.5. The van der Waals surface area contributed by atoms with Crippen molar-refractivity contribution in [2.45, 2.75) is 51.2 Å². The fourth-order valence-electron chi connectivity index (χ4n) is 2.66. The lowest BCUT2D eigenvalue weighted by Gasteiger charge is -2.24. The van der Waals surface area contributed by atoms with Gasteiger partial charge in [-0.05, 0) is 31.7 Å². The van der Waals surface area contributed by atoms with Crippen molar-refractivity contribution in [2.75, 3.05) is 6.61 Å². The van der Waals surface area contributed by atoms with E-state index in [1.165, 1.54) is 0 Å². The molecular weight excluding hydrogens is 244 g/mol. The zero-order chi connectivity index (χ0) is 13.9. The summed E-state index contributed by atoms with van der Waals surface area (Å²) >= 11 is 0. The Morgan fingerprint density at radius 1 is 1.63 bits per heavy atom. The molecule has 4 heteroatoms. The maximum Gasteiger partial charge on any atom is 0.136 e. The Hall–Kier alpha value is -1.13. The van der Waals surface area contributed by atoms with Gasteiger partial charge in [0, 0.05) is 25.0 Å². The number of Topliss-reactive ketones (excluding diaryl/α,β-unsaturated/α-hetero) is 1. The van der Waals surface area contributed by atoms with Crippen LogP contribution in [0.5, 0.6) is 0 Å². The Morgan fingerprint density at radius 2 is 2.42 bits per heavy atom. The summed E-state index contributed by atoms with van der Waals surface area (Å²) < 4.78 is 11.1. The fourth-order valence-corrected chi connectivity index (χ4v) is 2.66. The fraction of sp³-hybridized carbons (Fsp3) is 0.667. The molecule has 3 atom stereocenters. The van der Waals surface area contributed by atoms with E-state index in [9.17, 15) is 4.79 Å². The quantitative estimate of drug-likeness (QED) is 0.860. The second kappa shape index (κ2) is 5.88. The molecule has 19 heavy (non-hydrogen) atoms. The third-order valence-electron chi connectivity index (χ3n) is 3.74. The van der Waals surface area contributed by atoms with Crippen LogP contribution in [-0.4, -0.2) is 23.1 Å². The third-order valence-corrected chi connectivity index (χ3v) is 3.74. The van der Waals surface area contributed by atoms with Crippen LogP contribution in [0, 0.1) is 5.92 Å².